The number of nitrogens with zero attached hydrogens (tertiary/aromatic N) is 8. The largest absolute Gasteiger partial charge is 0.497 e. The lowest BCUT2D eigenvalue weighted by molar-refractivity contribution is 0.414. The van der Waals surface area contributed by atoms with Crippen molar-refractivity contribution in [1.29, 1.82) is 10.5 Å². The molecule has 6 rings (SSSR count). The molecule has 2 fully saturated rings. The third-order valence-corrected chi connectivity index (χ3v) is 7.51. The molecule has 0 bridgehead atoms. The summed E-state index contributed by atoms with van der Waals surface area (Å²) in [6, 6.07) is 16.1. The molecule has 3 heterocycles. The molecule has 202 valence electrons. The summed E-state index contributed by atoms with van der Waals surface area (Å²) in [7, 11) is 1.65. The molecule has 1 saturated heterocycles. The van der Waals surface area contributed by atoms with Crippen LogP contribution in [0.4, 0.5) is 23.3 Å². The van der Waals surface area contributed by atoms with Gasteiger partial charge in [-0.25, -0.2) is 0 Å². The first kappa shape index (κ1) is 25.7. The number of halogens is 1. The van der Waals surface area contributed by atoms with E-state index in [1.54, 1.807) is 17.7 Å². The average Bonchev–Trinajstić information content (AvgIpc) is 3.76. The predicted molar refractivity (Wildman–Crippen MR) is 152 cm³/mol. The van der Waals surface area contributed by atoms with Gasteiger partial charge in [-0.05, 0) is 42.7 Å². The van der Waals surface area contributed by atoms with E-state index < -0.39 is 0 Å². The number of nitrogens with one attached hydrogen (secondary N) is 2. The highest BCUT2D eigenvalue weighted by Gasteiger charge is 2.33. The van der Waals surface area contributed by atoms with Crippen LogP contribution in [0.5, 0.6) is 5.75 Å². The number of fused-ring (bicyclic) bond motifs is 1. The van der Waals surface area contributed by atoms with Gasteiger partial charge in [0.2, 0.25) is 11.9 Å². The molecule has 11 nitrogen and oxygen atoms in total. The Morgan fingerprint density at radius 3 is 2.58 bits per heavy atom. The van der Waals surface area contributed by atoms with Crippen molar-refractivity contribution in [3.05, 3.63) is 64.3 Å². The SMILES string of the molecule is COc1ccc(CN(c2nc(Nc3cc(C#N)cc(N4CCNCC4)c3Cl)nc3c(C#N)cnn23)C2CC2)cc1. The van der Waals surface area contributed by atoms with Crippen LogP contribution in [-0.2, 0) is 6.54 Å². The standard InChI is InChI=1S/C28H27ClN10O/c1-40-22-6-2-18(3-7-22)17-38(21-4-5-21)28-36-27(35-26-20(15-31)16-33-39(26)28)34-23-12-19(14-30)13-24(25(23)29)37-10-8-32-9-11-37/h2-3,6-7,12-13,16,21,32H,4-5,8-11,17H2,1H3,(H,34,35). The highest BCUT2D eigenvalue weighted by atomic mass is 35.5. The molecule has 0 radical (unpaired) electrons. The summed E-state index contributed by atoms with van der Waals surface area (Å²) < 4.78 is 6.93. The van der Waals surface area contributed by atoms with Crippen molar-refractivity contribution in [3.63, 3.8) is 0 Å². The molecule has 1 aliphatic carbocycles. The highest BCUT2D eigenvalue weighted by molar-refractivity contribution is 6.36. The number of piperazine rings is 1. The van der Waals surface area contributed by atoms with E-state index >= 15 is 0 Å². The first-order chi connectivity index (χ1) is 19.6. The van der Waals surface area contributed by atoms with Gasteiger partial charge in [0.25, 0.3) is 0 Å². The molecule has 2 N–H and O–H groups in total. The van der Waals surface area contributed by atoms with E-state index in [2.05, 4.69) is 42.7 Å². The van der Waals surface area contributed by atoms with Crippen LogP contribution in [0, 0.1) is 22.7 Å². The van der Waals surface area contributed by atoms with E-state index in [1.165, 1.54) is 6.20 Å². The Labute approximate surface area is 236 Å². The Kier molecular flexibility index (Phi) is 6.99. The fourth-order valence-corrected chi connectivity index (χ4v) is 5.16. The van der Waals surface area contributed by atoms with E-state index in [0.717, 1.165) is 56.0 Å². The summed E-state index contributed by atoms with van der Waals surface area (Å²) in [6.07, 6.45) is 3.56. The highest BCUT2D eigenvalue weighted by Crippen LogP contribution is 2.37. The predicted octanol–water partition coefficient (Wildman–Crippen LogP) is 3.85. The number of anilines is 4. The molecule has 1 aliphatic heterocycles. The number of benzene rings is 2. The zero-order chi connectivity index (χ0) is 27.6. The summed E-state index contributed by atoms with van der Waals surface area (Å²) in [5, 5.41) is 31.0. The Hall–Kier alpha value is -4.58. The van der Waals surface area contributed by atoms with Crippen LogP contribution in [0.3, 0.4) is 0 Å². The zero-order valence-corrected chi connectivity index (χ0v) is 22.7. The minimum absolute atomic E-state index is 0.267. The normalized spacial score (nSPS) is 14.9. The fourth-order valence-electron chi connectivity index (χ4n) is 4.88. The molecular weight excluding hydrogens is 528 g/mol. The van der Waals surface area contributed by atoms with Gasteiger partial charge in [0.05, 0.1) is 41.3 Å². The molecule has 0 amide bonds. The summed E-state index contributed by atoms with van der Waals surface area (Å²) in [6.45, 7) is 3.83. The number of hydrogen-bond donors (Lipinski definition) is 2. The van der Waals surface area contributed by atoms with Gasteiger partial charge in [-0.3, -0.25) is 0 Å². The Morgan fingerprint density at radius 1 is 1.12 bits per heavy atom. The maximum absolute atomic E-state index is 9.76. The third-order valence-electron chi connectivity index (χ3n) is 7.11. The van der Waals surface area contributed by atoms with Gasteiger partial charge in [-0.1, -0.05) is 23.7 Å². The summed E-state index contributed by atoms with van der Waals surface area (Å²) in [4.78, 5) is 13.9. The lowest BCUT2D eigenvalue weighted by Gasteiger charge is -2.31. The number of methoxy groups -OCH3 is 1. The lowest BCUT2D eigenvalue weighted by Crippen LogP contribution is -2.43. The molecular formula is C28H27ClN10O. The van der Waals surface area contributed by atoms with Crippen LogP contribution in [0.2, 0.25) is 5.02 Å². The molecule has 0 atom stereocenters. The molecule has 4 aromatic rings. The van der Waals surface area contributed by atoms with Crippen LogP contribution in [0.25, 0.3) is 5.65 Å². The van der Waals surface area contributed by atoms with Crippen LogP contribution >= 0.6 is 11.6 Å². The minimum atomic E-state index is 0.267. The second-order valence-corrected chi connectivity index (χ2v) is 10.2. The first-order valence-corrected chi connectivity index (χ1v) is 13.5. The zero-order valence-electron chi connectivity index (χ0n) is 21.9. The maximum atomic E-state index is 9.76. The summed E-state index contributed by atoms with van der Waals surface area (Å²) >= 11 is 6.89. The molecule has 2 aromatic carbocycles. The van der Waals surface area contributed by atoms with Gasteiger partial charge in [0, 0.05) is 38.8 Å². The van der Waals surface area contributed by atoms with E-state index in [4.69, 9.17) is 21.3 Å². The number of aromatic nitrogens is 4. The second-order valence-electron chi connectivity index (χ2n) is 9.79. The summed E-state index contributed by atoms with van der Waals surface area (Å²) in [5.74, 6) is 1.63. The number of nitriles is 2. The Balaban J connectivity index is 1.41. The molecule has 2 aromatic heterocycles. The molecule has 0 unspecified atom stereocenters. The van der Waals surface area contributed by atoms with E-state index in [0.29, 0.717) is 40.0 Å². The number of hydrogen-bond acceptors (Lipinski definition) is 10. The van der Waals surface area contributed by atoms with Crippen LogP contribution < -0.4 is 25.2 Å². The monoisotopic (exact) mass is 554 g/mol. The molecule has 12 heteroatoms. The smallest absolute Gasteiger partial charge is 0.232 e. The Bertz CT molecular complexity index is 1630. The van der Waals surface area contributed by atoms with Crippen molar-refractivity contribution in [2.24, 2.45) is 0 Å². The molecule has 40 heavy (non-hydrogen) atoms. The Morgan fingerprint density at radius 2 is 1.90 bits per heavy atom. The summed E-state index contributed by atoms with van der Waals surface area (Å²) in [5.41, 5.74) is 3.61. The van der Waals surface area contributed by atoms with Gasteiger partial charge in [-0.2, -0.15) is 30.1 Å². The van der Waals surface area contributed by atoms with Gasteiger partial charge in [0.1, 0.15) is 17.4 Å². The third kappa shape index (κ3) is 5.05. The molecule has 1 saturated carbocycles. The van der Waals surface area contributed by atoms with Gasteiger partial charge >= 0.3 is 0 Å². The van der Waals surface area contributed by atoms with Gasteiger partial charge < -0.3 is 25.2 Å². The van der Waals surface area contributed by atoms with Crippen molar-refractivity contribution < 1.29 is 4.74 Å². The lowest BCUT2D eigenvalue weighted by atomic mass is 10.1. The van der Waals surface area contributed by atoms with E-state index in [1.807, 2.05) is 30.3 Å². The van der Waals surface area contributed by atoms with E-state index in [-0.39, 0.29) is 12.0 Å². The molecule has 0 spiro atoms. The fraction of sp³-hybridized carbons (Fsp3) is 0.321. The quantitative estimate of drug-likeness (QED) is 0.331. The van der Waals surface area contributed by atoms with Crippen molar-refractivity contribution in [1.82, 2.24) is 24.9 Å². The van der Waals surface area contributed by atoms with Gasteiger partial charge in [-0.15, -0.1) is 0 Å². The van der Waals surface area contributed by atoms with E-state index in [9.17, 15) is 10.5 Å². The van der Waals surface area contributed by atoms with Crippen molar-refractivity contribution >= 4 is 40.5 Å². The average molecular weight is 555 g/mol. The number of ether oxygens (including phenoxy) is 1. The number of rotatable bonds is 8. The van der Waals surface area contributed by atoms with Crippen LogP contribution in [0.1, 0.15) is 29.5 Å². The first-order valence-electron chi connectivity index (χ1n) is 13.1. The van der Waals surface area contributed by atoms with Crippen LogP contribution in [-0.4, -0.2) is 58.9 Å². The van der Waals surface area contributed by atoms with Crippen LogP contribution in [0.15, 0.2) is 42.6 Å². The topological polar surface area (TPSA) is 130 Å². The minimum Gasteiger partial charge on any atom is -0.497 e. The van der Waals surface area contributed by atoms with Crippen molar-refractivity contribution in [3.8, 4) is 17.9 Å². The maximum Gasteiger partial charge on any atom is 0.232 e. The second kappa shape index (κ2) is 10.9. The van der Waals surface area contributed by atoms with Gasteiger partial charge in [0.15, 0.2) is 5.65 Å². The van der Waals surface area contributed by atoms with Crippen molar-refractivity contribution in [2.45, 2.75) is 25.4 Å². The van der Waals surface area contributed by atoms with Crippen molar-refractivity contribution in [2.75, 3.05) is 48.4 Å². The molecule has 2 aliphatic rings.